The Morgan fingerprint density at radius 3 is 2.62 bits per heavy atom. The van der Waals surface area contributed by atoms with E-state index in [4.69, 9.17) is 4.42 Å². The summed E-state index contributed by atoms with van der Waals surface area (Å²) in [5.41, 5.74) is -0.0777. The normalized spacial score (nSPS) is 13.4. The van der Waals surface area contributed by atoms with Gasteiger partial charge in [-0.05, 0) is 42.4 Å². The maximum atomic E-state index is 12.9. The molecule has 21 heavy (non-hydrogen) atoms. The average molecular weight is 362 g/mol. The predicted octanol–water partition coefficient (Wildman–Crippen LogP) is 4.95. The third-order valence-electron chi connectivity index (χ3n) is 3.13. The average Bonchev–Trinajstić information content (AvgIpc) is 2.90. The van der Waals surface area contributed by atoms with E-state index in [1.54, 1.807) is 12.3 Å². The molecule has 1 atom stereocenters. The Morgan fingerprint density at radius 1 is 1.29 bits per heavy atom. The molecule has 1 N–H and O–H groups in total. The lowest BCUT2D eigenvalue weighted by Crippen LogP contribution is -2.23. The standard InChI is InChI=1S/C15H15BrF3NO/c1-2-20-14(9-11-4-3-7-21-11)12-8-10(15(17,18)19)5-6-13(12)16/h3-8,14,20H,2,9H2,1H3. The van der Waals surface area contributed by atoms with E-state index in [0.717, 1.165) is 11.8 Å². The number of likely N-dealkylation sites (N-methyl/N-ethyl adjacent to an activating group) is 1. The molecule has 1 aromatic heterocycles. The SMILES string of the molecule is CCNC(Cc1ccco1)c1cc(C(F)(F)F)ccc1Br. The number of rotatable bonds is 5. The minimum Gasteiger partial charge on any atom is -0.469 e. The van der Waals surface area contributed by atoms with Crippen molar-refractivity contribution in [3.05, 3.63) is 58.0 Å². The van der Waals surface area contributed by atoms with E-state index in [1.807, 2.05) is 13.0 Å². The molecule has 0 aliphatic carbocycles. The molecule has 0 amide bonds. The number of furan rings is 1. The van der Waals surface area contributed by atoms with Crippen LogP contribution in [0.3, 0.4) is 0 Å². The molecule has 114 valence electrons. The van der Waals surface area contributed by atoms with Crippen LogP contribution in [0.25, 0.3) is 0 Å². The van der Waals surface area contributed by atoms with E-state index in [2.05, 4.69) is 21.2 Å². The van der Waals surface area contributed by atoms with Gasteiger partial charge in [0.1, 0.15) is 5.76 Å². The number of halogens is 4. The molecule has 0 bridgehead atoms. The van der Waals surface area contributed by atoms with Gasteiger partial charge in [0, 0.05) is 16.9 Å². The van der Waals surface area contributed by atoms with Gasteiger partial charge < -0.3 is 9.73 Å². The molecule has 0 spiro atoms. The van der Waals surface area contributed by atoms with Crippen LogP contribution in [0.2, 0.25) is 0 Å². The highest BCUT2D eigenvalue weighted by Crippen LogP contribution is 2.34. The largest absolute Gasteiger partial charge is 0.469 e. The summed E-state index contributed by atoms with van der Waals surface area (Å²) in [5, 5.41) is 3.20. The topological polar surface area (TPSA) is 25.2 Å². The highest BCUT2D eigenvalue weighted by atomic mass is 79.9. The zero-order valence-corrected chi connectivity index (χ0v) is 13.0. The lowest BCUT2D eigenvalue weighted by atomic mass is 10.00. The molecule has 2 aromatic rings. The highest BCUT2D eigenvalue weighted by molar-refractivity contribution is 9.10. The van der Waals surface area contributed by atoms with E-state index in [9.17, 15) is 13.2 Å². The summed E-state index contributed by atoms with van der Waals surface area (Å²) in [6.45, 7) is 2.56. The van der Waals surface area contributed by atoms with Gasteiger partial charge in [0.15, 0.2) is 0 Å². The quantitative estimate of drug-likeness (QED) is 0.814. The fourth-order valence-corrected chi connectivity index (χ4v) is 2.68. The molecule has 1 unspecified atom stereocenters. The second-order valence-corrected chi connectivity index (χ2v) is 5.48. The Kier molecular flexibility index (Phi) is 5.11. The van der Waals surface area contributed by atoms with Crippen LogP contribution in [0.5, 0.6) is 0 Å². The molecule has 0 radical (unpaired) electrons. The number of alkyl halides is 3. The van der Waals surface area contributed by atoms with Crippen LogP contribution in [0, 0.1) is 0 Å². The lowest BCUT2D eigenvalue weighted by molar-refractivity contribution is -0.137. The summed E-state index contributed by atoms with van der Waals surface area (Å²) in [6, 6.07) is 7.01. The number of nitrogens with one attached hydrogen (secondary N) is 1. The van der Waals surface area contributed by atoms with Crippen molar-refractivity contribution >= 4 is 15.9 Å². The van der Waals surface area contributed by atoms with E-state index in [0.29, 0.717) is 23.0 Å². The summed E-state index contributed by atoms with van der Waals surface area (Å²) in [7, 11) is 0. The van der Waals surface area contributed by atoms with Crippen molar-refractivity contribution in [2.24, 2.45) is 0 Å². The summed E-state index contributed by atoms with van der Waals surface area (Å²) < 4.78 is 44.6. The van der Waals surface area contributed by atoms with Gasteiger partial charge >= 0.3 is 6.18 Å². The molecule has 2 rings (SSSR count). The highest BCUT2D eigenvalue weighted by Gasteiger charge is 2.31. The Balaban J connectivity index is 2.34. The maximum Gasteiger partial charge on any atom is 0.416 e. The van der Waals surface area contributed by atoms with Gasteiger partial charge in [-0.3, -0.25) is 0 Å². The Labute approximate surface area is 129 Å². The van der Waals surface area contributed by atoms with E-state index in [1.165, 1.54) is 12.1 Å². The number of benzene rings is 1. The van der Waals surface area contributed by atoms with Gasteiger partial charge in [-0.15, -0.1) is 0 Å². The molecular weight excluding hydrogens is 347 g/mol. The second kappa shape index (κ2) is 6.66. The van der Waals surface area contributed by atoms with Crippen molar-refractivity contribution in [1.82, 2.24) is 5.32 Å². The van der Waals surface area contributed by atoms with Gasteiger partial charge in [-0.1, -0.05) is 22.9 Å². The Hall–Kier alpha value is -1.27. The van der Waals surface area contributed by atoms with Gasteiger partial charge in [-0.25, -0.2) is 0 Å². The van der Waals surface area contributed by atoms with Crippen molar-refractivity contribution in [3.8, 4) is 0 Å². The molecule has 1 heterocycles. The van der Waals surface area contributed by atoms with Gasteiger partial charge in [0.05, 0.1) is 11.8 Å². The van der Waals surface area contributed by atoms with Gasteiger partial charge in [0.2, 0.25) is 0 Å². The summed E-state index contributed by atoms with van der Waals surface area (Å²) in [4.78, 5) is 0. The van der Waals surface area contributed by atoms with Crippen molar-refractivity contribution < 1.29 is 17.6 Å². The van der Waals surface area contributed by atoms with Crippen LogP contribution in [-0.2, 0) is 12.6 Å². The summed E-state index contributed by atoms with van der Waals surface area (Å²) in [6.07, 6.45) is -2.31. The van der Waals surface area contributed by atoms with Crippen LogP contribution in [-0.4, -0.2) is 6.54 Å². The van der Waals surface area contributed by atoms with Gasteiger partial charge in [-0.2, -0.15) is 13.2 Å². The lowest BCUT2D eigenvalue weighted by Gasteiger charge is -2.20. The van der Waals surface area contributed by atoms with Crippen molar-refractivity contribution in [2.45, 2.75) is 25.6 Å². The molecule has 0 saturated heterocycles. The second-order valence-electron chi connectivity index (χ2n) is 4.63. The first kappa shape index (κ1) is 16.1. The summed E-state index contributed by atoms with van der Waals surface area (Å²) in [5.74, 6) is 0.727. The Bertz CT molecular complexity index is 581. The molecule has 1 aromatic carbocycles. The van der Waals surface area contributed by atoms with E-state index >= 15 is 0 Å². The first-order chi connectivity index (χ1) is 9.91. The maximum absolute atomic E-state index is 12.9. The van der Waals surface area contributed by atoms with Crippen molar-refractivity contribution in [1.29, 1.82) is 0 Å². The van der Waals surface area contributed by atoms with Crippen LogP contribution in [0.15, 0.2) is 45.5 Å². The zero-order valence-electron chi connectivity index (χ0n) is 11.4. The third-order valence-corrected chi connectivity index (χ3v) is 3.86. The molecule has 0 fully saturated rings. The van der Waals surface area contributed by atoms with Crippen LogP contribution < -0.4 is 5.32 Å². The fourth-order valence-electron chi connectivity index (χ4n) is 2.16. The molecular formula is C15H15BrF3NO. The van der Waals surface area contributed by atoms with E-state index < -0.39 is 11.7 Å². The molecule has 2 nitrogen and oxygen atoms in total. The first-order valence-corrected chi connectivity index (χ1v) is 7.33. The van der Waals surface area contributed by atoms with Crippen molar-refractivity contribution in [2.75, 3.05) is 6.54 Å². The summed E-state index contributed by atoms with van der Waals surface area (Å²) >= 11 is 3.33. The number of hydrogen-bond donors (Lipinski definition) is 1. The van der Waals surface area contributed by atoms with Crippen LogP contribution in [0.4, 0.5) is 13.2 Å². The van der Waals surface area contributed by atoms with Gasteiger partial charge in [0.25, 0.3) is 0 Å². The van der Waals surface area contributed by atoms with E-state index in [-0.39, 0.29) is 6.04 Å². The smallest absolute Gasteiger partial charge is 0.416 e. The minimum absolute atomic E-state index is 0.252. The van der Waals surface area contributed by atoms with Crippen LogP contribution >= 0.6 is 15.9 Å². The molecule has 0 aliphatic heterocycles. The fraction of sp³-hybridized carbons (Fsp3) is 0.333. The monoisotopic (exact) mass is 361 g/mol. The number of hydrogen-bond acceptors (Lipinski definition) is 2. The van der Waals surface area contributed by atoms with Crippen molar-refractivity contribution in [3.63, 3.8) is 0 Å². The molecule has 6 heteroatoms. The first-order valence-electron chi connectivity index (χ1n) is 6.54. The predicted molar refractivity (Wildman–Crippen MR) is 78.0 cm³/mol. The molecule has 0 aliphatic rings. The molecule has 0 saturated carbocycles. The third kappa shape index (κ3) is 4.11. The minimum atomic E-state index is -4.35. The van der Waals surface area contributed by atoms with Crippen LogP contribution in [0.1, 0.15) is 29.9 Å². The Morgan fingerprint density at radius 2 is 2.05 bits per heavy atom. The zero-order chi connectivity index (χ0) is 15.5.